The van der Waals surface area contributed by atoms with E-state index in [1.807, 2.05) is 12.3 Å². The zero-order valence-corrected chi connectivity index (χ0v) is 33.7. The summed E-state index contributed by atoms with van der Waals surface area (Å²) in [6.07, 6.45) is 1.93. The van der Waals surface area contributed by atoms with Crippen LogP contribution in [0.25, 0.3) is 71.9 Å². The number of aromatic nitrogens is 5. The molecule has 0 radical (unpaired) electrons. The van der Waals surface area contributed by atoms with Gasteiger partial charge in [-0.15, -0.1) is 0 Å². The molecule has 0 aliphatic carbocycles. The second-order valence-corrected chi connectivity index (χ2v) is 16.0. The summed E-state index contributed by atoms with van der Waals surface area (Å²) in [5.41, 5.74) is 13.8. The number of nitrogens with zero attached hydrogens (tertiary/aromatic N) is 5. The summed E-state index contributed by atoms with van der Waals surface area (Å²) >= 11 is 0. The summed E-state index contributed by atoms with van der Waals surface area (Å²) in [5.74, 6) is 2.84. The molecular weight excluding hydrogens is 711 g/mol. The number of pyridine rings is 1. The van der Waals surface area contributed by atoms with Gasteiger partial charge >= 0.3 is 0 Å². The Morgan fingerprint density at radius 1 is 0.517 bits per heavy atom. The third-order valence-corrected chi connectivity index (χ3v) is 11.5. The van der Waals surface area contributed by atoms with Crippen molar-refractivity contribution in [3.8, 4) is 39.8 Å². The van der Waals surface area contributed by atoms with Crippen molar-refractivity contribution in [2.45, 2.75) is 53.4 Å². The van der Waals surface area contributed by atoms with Gasteiger partial charge in [-0.2, -0.15) is 5.10 Å². The highest BCUT2D eigenvalue weighted by Crippen LogP contribution is 2.40. The lowest BCUT2D eigenvalue weighted by Crippen LogP contribution is -2.05. The smallest absolute Gasteiger partial charge is 0.139 e. The lowest BCUT2D eigenvalue weighted by Gasteiger charge is -2.15. The van der Waals surface area contributed by atoms with Crippen LogP contribution in [0.2, 0.25) is 0 Å². The van der Waals surface area contributed by atoms with Crippen LogP contribution in [0.3, 0.4) is 0 Å². The maximum absolute atomic E-state index is 6.73. The Hall–Kier alpha value is -6.92. The summed E-state index contributed by atoms with van der Waals surface area (Å²) in [4.78, 5) is 5.02. The van der Waals surface area contributed by atoms with Gasteiger partial charge in [0.25, 0.3) is 0 Å². The van der Waals surface area contributed by atoms with E-state index >= 15 is 0 Å². The van der Waals surface area contributed by atoms with Crippen LogP contribution in [0, 0.1) is 13.8 Å². The Bertz CT molecular complexity index is 3120. The molecule has 4 aromatic heterocycles. The summed E-state index contributed by atoms with van der Waals surface area (Å²) in [5, 5.41) is 10.1. The first-order valence-electron chi connectivity index (χ1n) is 20.2. The van der Waals surface area contributed by atoms with Gasteiger partial charge in [0.2, 0.25) is 0 Å². The van der Waals surface area contributed by atoms with Crippen LogP contribution in [0.4, 0.5) is 0 Å². The monoisotopic (exact) mass is 755 g/mol. The van der Waals surface area contributed by atoms with Crippen molar-refractivity contribution in [2.24, 2.45) is 0 Å². The molecule has 0 saturated heterocycles. The molecule has 0 bridgehead atoms. The predicted molar refractivity (Wildman–Crippen MR) is 240 cm³/mol. The largest absolute Gasteiger partial charge is 0.457 e. The topological polar surface area (TPSA) is 49.8 Å². The summed E-state index contributed by atoms with van der Waals surface area (Å²) < 4.78 is 13.5. The van der Waals surface area contributed by atoms with E-state index in [0.29, 0.717) is 0 Å². The molecule has 0 aliphatic rings. The highest BCUT2D eigenvalue weighted by molar-refractivity contribution is 6.12. The second-order valence-electron chi connectivity index (χ2n) is 16.0. The van der Waals surface area contributed by atoms with Crippen LogP contribution in [-0.4, -0.2) is 23.9 Å². The summed E-state index contributed by atoms with van der Waals surface area (Å²) in [6.45, 7) is 13.3. The first-order valence-corrected chi connectivity index (χ1v) is 20.2. The third kappa shape index (κ3) is 5.70. The van der Waals surface area contributed by atoms with Crippen LogP contribution in [0.1, 0.15) is 62.0 Å². The van der Waals surface area contributed by atoms with Crippen molar-refractivity contribution in [2.75, 3.05) is 0 Å². The van der Waals surface area contributed by atoms with Gasteiger partial charge in [-0.3, -0.25) is 4.57 Å². The number of benzene rings is 6. The predicted octanol–water partition coefficient (Wildman–Crippen LogP) is 13.8. The van der Waals surface area contributed by atoms with Gasteiger partial charge < -0.3 is 9.30 Å². The average Bonchev–Trinajstić information content (AvgIpc) is 3.91. The average molecular weight is 756 g/mol. The number of rotatable bonds is 8. The molecule has 0 unspecified atom stereocenters. The highest BCUT2D eigenvalue weighted by atomic mass is 16.5. The van der Waals surface area contributed by atoms with Crippen LogP contribution in [-0.2, 0) is 0 Å². The van der Waals surface area contributed by atoms with Gasteiger partial charge in [-0.25, -0.2) is 9.67 Å². The minimum atomic E-state index is 0.249. The molecule has 0 amide bonds. The molecular formula is C52H45N5O. The Morgan fingerprint density at radius 3 is 1.90 bits per heavy atom. The number of para-hydroxylation sites is 3. The maximum Gasteiger partial charge on any atom is 0.139 e. The van der Waals surface area contributed by atoms with Crippen molar-refractivity contribution < 1.29 is 4.74 Å². The number of aryl methyl sites for hydroxylation is 2. The van der Waals surface area contributed by atoms with Crippen LogP contribution >= 0.6 is 0 Å². The van der Waals surface area contributed by atoms with Crippen molar-refractivity contribution >= 4 is 43.6 Å². The number of fused-ring (bicyclic) bond motifs is 6. The second kappa shape index (κ2) is 13.9. The summed E-state index contributed by atoms with van der Waals surface area (Å²) in [6, 6.07) is 51.4. The van der Waals surface area contributed by atoms with Crippen LogP contribution in [0.15, 0.2) is 152 Å². The van der Waals surface area contributed by atoms with Crippen LogP contribution in [0.5, 0.6) is 11.5 Å². The fourth-order valence-corrected chi connectivity index (χ4v) is 8.94. The Kier molecular flexibility index (Phi) is 8.52. The zero-order valence-electron chi connectivity index (χ0n) is 33.7. The number of hydrogen-bond acceptors (Lipinski definition) is 3. The van der Waals surface area contributed by atoms with Gasteiger partial charge in [-0.1, -0.05) is 119 Å². The first-order chi connectivity index (χ1) is 28.3. The molecule has 0 fully saturated rings. The summed E-state index contributed by atoms with van der Waals surface area (Å²) in [7, 11) is 0. The van der Waals surface area contributed by atoms with E-state index in [9.17, 15) is 0 Å². The zero-order chi connectivity index (χ0) is 39.7. The molecule has 6 nitrogen and oxygen atoms in total. The maximum atomic E-state index is 6.73. The van der Waals surface area contributed by atoms with Crippen molar-refractivity contribution in [3.63, 3.8) is 0 Å². The van der Waals surface area contributed by atoms with E-state index in [2.05, 4.69) is 195 Å². The molecule has 6 aromatic carbocycles. The van der Waals surface area contributed by atoms with Crippen molar-refractivity contribution in [3.05, 3.63) is 174 Å². The number of hydrogen-bond donors (Lipinski definition) is 0. The fraction of sp³-hybridized carbons (Fsp3) is 0.154. The van der Waals surface area contributed by atoms with E-state index in [1.165, 1.54) is 49.8 Å². The Morgan fingerprint density at radius 2 is 1.17 bits per heavy atom. The molecule has 4 heterocycles. The van der Waals surface area contributed by atoms with Crippen molar-refractivity contribution in [1.29, 1.82) is 0 Å². The van der Waals surface area contributed by atoms with Gasteiger partial charge in [0.05, 0.1) is 44.8 Å². The normalized spacial score (nSPS) is 11.9. The molecule has 0 saturated carbocycles. The molecule has 284 valence electrons. The Labute approximate surface area is 338 Å². The van der Waals surface area contributed by atoms with Gasteiger partial charge in [0.15, 0.2) is 0 Å². The van der Waals surface area contributed by atoms with E-state index in [4.69, 9.17) is 14.8 Å². The van der Waals surface area contributed by atoms with E-state index in [-0.39, 0.29) is 11.8 Å². The fourth-order valence-electron chi connectivity index (χ4n) is 8.94. The SMILES string of the molecule is Cc1cccc2c3cccc(C)c3n(-c3ccnc(-n4c5ccccc5c5ccc(Oc6cccc(-n7nc(C(C)C)c(-c8ccccc8)c7C(C)C)c6)cc54)c3)c12. The molecule has 0 N–H and O–H groups in total. The first kappa shape index (κ1) is 35.5. The molecule has 58 heavy (non-hydrogen) atoms. The van der Waals surface area contributed by atoms with Crippen molar-refractivity contribution in [1.82, 2.24) is 23.9 Å². The molecule has 0 aliphatic heterocycles. The third-order valence-electron chi connectivity index (χ3n) is 11.5. The molecule has 10 rings (SSSR count). The highest BCUT2D eigenvalue weighted by Gasteiger charge is 2.25. The van der Waals surface area contributed by atoms with E-state index in [1.54, 1.807) is 0 Å². The number of ether oxygens (including phenoxy) is 1. The minimum Gasteiger partial charge on any atom is -0.457 e. The molecule has 6 heteroatoms. The quantitative estimate of drug-likeness (QED) is 0.155. The lowest BCUT2D eigenvalue weighted by molar-refractivity contribution is 0.482. The molecule has 10 aromatic rings. The Balaban J connectivity index is 1.09. The minimum absolute atomic E-state index is 0.249. The lowest BCUT2D eigenvalue weighted by atomic mass is 9.93. The van der Waals surface area contributed by atoms with E-state index in [0.717, 1.165) is 56.2 Å². The van der Waals surface area contributed by atoms with Gasteiger partial charge in [-0.05, 0) is 78.8 Å². The molecule has 0 atom stereocenters. The van der Waals surface area contributed by atoms with Gasteiger partial charge in [0.1, 0.15) is 17.3 Å². The standard InChI is InChI=1S/C52H45N5O/c1-32(2)49-48(36-17-8-7-9-18-36)50(33(3)4)57(54-49)38-19-14-20-39(29-38)58-40-25-26-42-41-21-10-11-24-45(41)56(46(42)31-40)47-30-37(27-28-53-47)55-51-34(5)15-12-22-43(51)44-23-13-16-35(6)52(44)55/h7-33H,1-6H3. The molecule has 0 spiro atoms. The van der Waals surface area contributed by atoms with Crippen LogP contribution < -0.4 is 4.74 Å². The van der Waals surface area contributed by atoms with Gasteiger partial charge in [0, 0.05) is 51.5 Å². The van der Waals surface area contributed by atoms with E-state index < -0.39 is 0 Å².